The largest absolute Gasteiger partial charge is 0.347 e. The lowest BCUT2D eigenvalue weighted by Crippen LogP contribution is -2.43. The molecule has 0 bridgehead atoms. The van der Waals surface area contributed by atoms with E-state index in [1.807, 2.05) is 20.8 Å². The minimum atomic E-state index is -0.237. The zero-order valence-corrected chi connectivity index (χ0v) is 9.87. The van der Waals surface area contributed by atoms with Crippen molar-refractivity contribution in [2.24, 2.45) is 5.84 Å². The summed E-state index contributed by atoms with van der Waals surface area (Å²) in [7, 11) is 0. The van der Waals surface area contributed by atoms with Crippen molar-refractivity contribution >= 4 is 11.6 Å². The minimum absolute atomic E-state index is 0.173. The summed E-state index contributed by atoms with van der Waals surface area (Å²) in [5, 5.41) is 2.92. The van der Waals surface area contributed by atoms with E-state index in [9.17, 15) is 4.79 Å². The fraction of sp³-hybridized carbons (Fsp3) is 0.455. The summed E-state index contributed by atoms with van der Waals surface area (Å²) in [6, 6.07) is 1.66. The highest BCUT2D eigenvalue weighted by Gasteiger charge is 2.20. The Morgan fingerprint density at radius 2 is 2.25 bits per heavy atom. The predicted octanol–water partition coefficient (Wildman–Crippen LogP) is 1.29. The van der Waals surface area contributed by atoms with Crippen LogP contribution in [0.4, 0.5) is 5.69 Å². The van der Waals surface area contributed by atoms with Gasteiger partial charge in [0.15, 0.2) is 0 Å². The fourth-order valence-corrected chi connectivity index (χ4v) is 1.16. The summed E-state index contributed by atoms with van der Waals surface area (Å²) < 4.78 is 0. The Balaban J connectivity index is 2.88. The third-order valence-electron chi connectivity index (χ3n) is 2.56. The van der Waals surface area contributed by atoms with Crippen molar-refractivity contribution in [3.8, 4) is 0 Å². The van der Waals surface area contributed by atoms with Crippen molar-refractivity contribution in [2.75, 3.05) is 5.43 Å². The summed E-state index contributed by atoms with van der Waals surface area (Å²) in [5.74, 6) is 5.15. The molecule has 1 heterocycles. The van der Waals surface area contributed by atoms with Crippen molar-refractivity contribution < 1.29 is 4.79 Å². The standard InChI is InChI=1S/C11H18N4O/c1-4-11(2,3)14-10(16)8-7-13-6-5-9(8)15-12/h5-7H,4,12H2,1-3H3,(H,13,15)(H,14,16). The first-order chi connectivity index (χ1) is 7.50. The second-order valence-corrected chi connectivity index (χ2v) is 4.26. The molecule has 0 spiro atoms. The summed E-state index contributed by atoms with van der Waals surface area (Å²) in [5.41, 5.74) is 3.26. The maximum atomic E-state index is 12.0. The first kappa shape index (κ1) is 12.4. The number of hydrazine groups is 1. The maximum Gasteiger partial charge on any atom is 0.255 e. The maximum absolute atomic E-state index is 12.0. The van der Waals surface area contributed by atoms with Gasteiger partial charge < -0.3 is 10.7 Å². The van der Waals surface area contributed by atoms with Crippen molar-refractivity contribution in [1.82, 2.24) is 10.3 Å². The molecule has 5 nitrogen and oxygen atoms in total. The highest BCUT2D eigenvalue weighted by atomic mass is 16.1. The zero-order valence-electron chi connectivity index (χ0n) is 9.87. The van der Waals surface area contributed by atoms with Crippen LogP contribution in [0.2, 0.25) is 0 Å². The number of carbonyl (C=O) groups excluding carboxylic acids is 1. The van der Waals surface area contributed by atoms with Gasteiger partial charge in [-0.25, -0.2) is 0 Å². The minimum Gasteiger partial charge on any atom is -0.347 e. The molecule has 0 saturated carbocycles. The number of rotatable bonds is 4. The number of hydrogen-bond acceptors (Lipinski definition) is 4. The van der Waals surface area contributed by atoms with Crippen LogP contribution in [0.1, 0.15) is 37.6 Å². The molecule has 0 radical (unpaired) electrons. The molecule has 0 unspecified atom stereocenters. The molecular formula is C11H18N4O. The first-order valence-corrected chi connectivity index (χ1v) is 5.23. The Kier molecular flexibility index (Phi) is 3.84. The van der Waals surface area contributed by atoms with Gasteiger partial charge in [0.1, 0.15) is 0 Å². The van der Waals surface area contributed by atoms with E-state index in [0.29, 0.717) is 11.3 Å². The predicted molar refractivity (Wildman–Crippen MR) is 63.9 cm³/mol. The van der Waals surface area contributed by atoms with Crippen LogP contribution in [0.15, 0.2) is 18.5 Å². The Morgan fingerprint density at radius 3 is 2.81 bits per heavy atom. The van der Waals surface area contributed by atoms with Gasteiger partial charge in [-0.1, -0.05) is 6.92 Å². The van der Waals surface area contributed by atoms with Crippen molar-refractivity contribution in [1.29, 1.82) is 0 Å². The van der Waals surface area contributed by atoms with Gasteiger partial charge in [-0.2, -0.15) is 0 Å². The van der Waals surface area contributed by atoms with E-state index in [1.165, 1.54) is 6.20 Å². The number of pyridine rings is 1. The number of amides is 1. The molecule has 0 saturated heterocycles. The smallest absolute Gasteiger partial charge is 0.255 e. The number of nitrogens with zero attached hydrogens (tertiary/aromatic N) is 1. The van der Waals surface area contributed by atoms with Crippen molar-refractivity contribution in [3.05, 3.63) is 24.0 Å². The van der Waals surface area contributed by atoms with Gasteiger partial charge in [-0.15, -0.1) is 0 Å². The third-order valence-corrected chi connectivity index (χ3v) is 2.56. The van der Waals surface area contributed by atoms with E-state index >= 15 is 0 Å². The Bertz CT molecular complexity index is 376. The number of anilines is 1. The zero-order chi connectivity index (χ0) is 12.2. The summed E-state index contributed by atoms with van der Waals surface area (Å²) >= 11 is 0. The molecule has 5 heteroatoms. The molecule has 0 atom stereocenters. The van der Waals surface area contributed by atoms with Gasteiger partial charge in [-0.3, -0.25) is 15.6 Å². The number of carbonyl (C=O) groups is 1. The van der Waals surface area contributed by atoms with Crippen LogP contribution in [0.5, 0.6) is 0 Å². The van der Waals surface area contributed by atoms with Crippen LogP contribution in [0.3, 0.4) is 0 Å². The van der Waals surface area contributed by atoms with E-state index in [2.05, 4.69) is 15.7 Å². The second kappa shape index (κ2) is 4.94. The van der Waals surface area contributed by atoms with Crippen LogP contribution in [-0.4, -0.2) is 16.4 Å². The van der Waals surface area contributed by atoms with Crippen LogP contribution >= 0.6 is 0 Å². The number of nitrogens with one attached hydrogen (secondary N) is 2. The van der Waals surface area contributed by atoms with Gasteiger partial charge >= 0.3 is 0 Å². The molecule has 1 aromatic heterocycles. The summed E-state index contributed by atoms with van der Waals surface area (Å²) in [6.07, 6.45) is 3.93. The lowest BCUT2D eigenvalue weighted by atomic mass is 10.0. The molecule has 1 aromatic rings. The highest BCUT2D eigenvalue weighted by molar-refractivity contribution is 5.99. The monoisotopic (exact) mass is 222 g/mol. The number of nitrogens with two attached hydrogens (primary N) is 1. The average molecular weight is 222 g/mol. The van der Waals surface area contributed by atoms with Crippen LogP contribution in [0.25, 0.3) is 0 Å². The van der Waals surface area contributed by atoms with Crippen molar-refractivity contribution in [2.45, 2.75) is 32.7 Å². The van der Waals surface area contributed by atoms with Gasteiger partial charge in [0.2, 0.25) is 0 Å². The SMILES string of the molecule is CCC(C)(C)NC(=O)c1cnccc1NN. The average Bonchev–Trinajstić information content (AvgIpc) is 2.28. The molecule has 0 aliphatic heterocycles. The van der Waals surface area contributed by atoms with Crippen LogP contribution < -0.4 is 16.6 Å². The fourth-order valence-electron chi connectivity index (χ4n) is 1.16. The molecule has 1 amide bonds. The first-order valence-electron chi connectivity index (χ1n) is 5.23. The van der Waals surface area contributed by atoms with E-state index in [0.717, 1.165) is 6.42 Å². The number of nitrogen functional groups attached to an aromatic ring is 1. The molecular weight excluding hydrogens is 204 g/mol. The van der Waals surface area contributed by atoms with Crippen LogP contribution in [-0.2, 0) is 0 Å². The topological polar surface area (TPSA) is 80.0 Å². The molecule has 0 fully saturated rings. The van der Waals surface area contributed by atoms with E-state index in [1.54, 1.807) is 12.3 Å². The molecule has 0 aliphatic carbocycles. The molecule has 16 heavy (non-hydrogen) atoms. The molecule has 1 rings (SSSR count). The molecule has 4 N–H and O–H groups in total. The van der Waals surface area contributed by atoms with Gasteiger partial charge in [0, 0.05) is 17.9 Å². The summed E-state index contributed by atoms with van der Waals surface area (Å²) in [6.45, 7) is 5.96. The second-order valence-electron chi connectivity index (χ2n) is 4.26. The highest BCUT2D eigenvalue weighted by Crippen LogP contribution is 2.14. The van der Waals surface area contributed by atoms with Crippen molar-refractivity contribution in [3.63, 3.8) is 0 Å². The lowest BCUT2D eigenvalue weighted by molar-refractivity contribution is 0.0911. The molecule has 0 aliphatic rings. The van der Waals surface area contributed by atoms with E-state index in [4.69, 9.17) is 5.84 Å². The van der Waals surface area contributed by atoms with Gasteiger partial charge in [0.05, 0.1) is 11.3 Å². The Labute approximate surface area is 95.4 Å². The number of hydrogen-bond donors (Lipinski definition) is 3. The van der Waals surface area contributed by atoms with E-state index < -0.39 is 0 Å². The Morgan fingerprint density at radius 1 is 1.56 bits per heavy atom. The van der Waals surface area contributed by atoms with E-state index in [-0.39, 0.29) is 11.4 Å². The van der Waals surface area contributed by atoms with Gasteiger partial charge in [-0.05, 0) is 26.3 Å². The lowest BCUT2D eigenvalue weighted by Gasteiger charge is -2.24. The summed E-state index contributed by atoms with van der Waals surface area (Å²) in [4.78, 5) is 15.9. The molecule has 88 valence electrons. The van der Waals surface area contributed by atoms with Gasteiger partial charge in [0.25, 0.3) is 5.91 Å². The number of aromatic nitrogens is 1. The third kappa shape index (κ3) is 2.93. The molecule has 0 aromatic carbocycles. The quantitative estimate of drug-likeness (QED) is 0.529. The normalized spacial score (nSPS) is 11.0. The Hall–Kier alpha value is -1.62. The van der Waals surface area contributed by atoms with Crippen LogP contribution in [0, 0.1) is 0 Å².